The van der Waals surface area contributed by atoms with Gasteiger partial charge in [0.15, 0.2) is 0 Å². The van der Waals surface area contributed by atoms with Gasteiger partial charge in [0.1, 0.15) is 0 Å². The number of nitrogens with two attached hydrogens (primary N) is 1. The van der Waals surface area contributed by atoms with Gasteiger partial charge in [0.05, 0.1) is 0 Å². The normalized spacial score (nSPS) is 20.8. The van der Waals surface area contributed by atoms with Crippen LogP contribution in [-0.4, -0.2) is 18.5 Å². The Labute approximate surface area is 131 Å². The first-order valence-electron chi connectivity index (χ1n) is 7.91. The second-order valence-corrected chi connectivity index (χ2v) is 6.09. The number of amides is 1. The Hall–Kier alpha value is -2.13. The highest BCUT2D eigenvalue weighted by Crippen LogP contribution is 2.23. The van der Waals surface area contributed by atoms with Gasteiger partial charge in [-0.25, -0.2) is 0 Å². The first-order valence-corrected chi connectivity index (χ1v) is 7.91. The molecule has 2 atom stereocenters. The highest BCUT2D eigenvalue weighted by atomic mass is 16.1. The molecule has 2 unspecified atom stereocenters. The van der Waals surface area contributed by atoms with Gasteiger partial charge in [-0.2, -0.15) is 0 Å². The Kier molecular flexibility index (Phi) is 4.54. The largest absolute Gasteiger partial charge is 0.352 e. The molecule has 3 heteroatoms. The lowest BCUT2D eigenvalue weighted by molar-refractivity contribution is 0.0947. The predicted octanol–water partition coefficient (Wildman–Crippen LogP) is 3.21. The van der Waals surface area contributed by atoms with Crippen molar-refractivity contribution in [2.24, 2.45) is 11.7 Å². The minimum atomic E-state index is 0.0000770. The molecule has 3 N–H and O–H groups in total. The Morgan fingerprint density at radius 2 is 1.68 bits per heavy atom. The summed E-state index contributed by atoms with van der Waals surface area (Å²) in [6, 6.07) is 18.2. The maximum atomic E-state index is 12.2. The van der Waals surface area contributed by atoms with Crippen LogP contribution in [0.15, 0.2) is 54.6 Å². The average Bonchev–Trinajstić information content (AvgIpc) is 2.99. The monoisotopic (exact) mass is 294 g/mol. The summed E-state index contributed by atoms with van der Waals surface area (Å²) in [7, 11) is 0. The summed E-state index contributed by atoms with van der Waals surface area (Å²) in [5.74, 6) is 0.530. The van der Waals surface area contributed by atoms with E-state index in [9.17, 15) is 4.79 Å². The first-order chi connectivity index (χ1) is 10.7. The second-order valence-electron chi connectivity index (χ2n) is 6.09. The van der Waals surface area contributed by atoms with E-state index in [1.807, 2.05) is 42.5 Å². The Morgan fingerprint density at radius 1 is 1.00 bits per heavy atom. The summed E-state index contributed by atoms with van der Waals surface area (Å²) in [6.45, 7) is 0.729. The fraction of sp³-hybridized carbons (Fsp3) is 0.316. The minimum absolute atomic E-state index is 0.0000770. The van der Waals surface area contributed by atoms with Crippen LogP contribution in [0.25, 0.3) is 11.1 Å². The van der Waals surface area contributed by atoms with Crippen LogP contribution >= 0.6 is 0 Å². The van der Waals surface area contributed by atoms with E-state index in [2.05, 4.69) is 17.4 Å². The van der Waals surface area contributed by atoms with Crippen LogP contribution in [0.4, 0.5) is 0 Å². The summed E-state index contributed by atoms with van der Waals surface area (Å²) in [6.07, 6.45) is 3.22. The molecule has 0 aliphatic heterocycles. The van der Waals surface area contributed by atoms with E-state index >= 15 is 0 Å². The minimum Gasteiger partial charge on any atom is -0.352 e. The Balaban J connectivity index is 1.59. The fourth-order valence-corrected chi connectivity index (χ4v) is 3.08. The molecular weight excluding hydrogens is 272 g/mol. The van der Waals surface area contributed by atoms with Gasteiger partial charge in [0.2, 0.25) is 0 Å². The van der Waals surface area contributed by atoms with Crippen molar-refractivity contribution >= 4 is 5.91 Å². The molecule has 2 aromatic rings. The summed E-state index contributed by atoms with van der Waals surface area (Å²) in [5.41, 5.74) is 8.90. The predicted molar refractivity (Wildman–Crippen MR) is 89.5 cm³/mol. The van der Waals surface area contributed by atoms with E-state index in [1.165, 1.54) is 0 Å². The van der Waals surface area contributed by atoms with Crippen molar-refractivity contribution in [1.82, 2.24) is 5.32 Å². The lowest BCUT2D eigenvalue weighted by Gasteiger charge is -2.11. The number of carbonyl (C=O) groups is 1. The molecule has 0 heterocycles. The van der Waals surface area contributed by atoms with E-state index in [1.54, 1.807) is 0 Å². The zero-order valence-corrected chi connectivity index (χ0v) is 12.7. The van der Waals surface area contributed by atoms with Gasteiger partial charge in [0, 0.05) is 18.2 Å². The van der Waals surface area contributed by atoms with Crippen LogP contribution in [0, 0.1) is 5.92 Å². The van der Waals surface area contributed by atoms with Crippen LogP contribution in [-0.2, 0) is 0 Å². The summed E-state index contributed by atoms with van der Waals surface area (Å²) >= 11 is 0. The van der Waals surface area contributed by atoms with Gasteiger partial charge in [0.25, 0.3) is 5.91 Å². The van der Waals surface area contributed by atoms with Crippen LogP contribution in [0.3, 0.4) is 0 Å². The van der Waals surface area contributed by atoms with Gasteiger partial charge < -0.3 is 11.1 Å². The highest BCUT2D eigenvalue weighted by Gasteiger charge is 2.22. The van der Waals surface area contributed by atoms with Crippen molar-refractivity contribution in [2.75, 3.05) is 6.54 Å². The molecule has 22 heavy (non-hydrogen) atoms. The van der Waals surface area contributed by atoms with Crippen molar-refractivity contribution in [3.8, 4) is 11.1 Å². The van der Waals surface area contributed by atoms with E-state index < -0.39 is 0 Å². The smallest absolute Gasteiger partial charge is 0.251 e. The molecular formula is C19H22N2O. The Bertz CT molecular complexity index is 622. The maximum absolute atomic E-state index is 12.2. The van der Waals surface area contributed by atoms with Crippen LogP contribution < -0.4 is 11.1 Å². The fourth-order valence-electron chi connectivity index (χ4n) is 3.08. The molecule has 2 aromatic carbocycles. The molecule has 0 saturated heterocycles. The molecule has 1 aliphatic carbocycles. The third-order valence-electron chi connectivity index (χ3n) is 4.39. The Morgan fingerprint density at radius 3 is 2.32 bits per heavy atom. The molecule has 0 bridgehead atoms. The van der Waals surface area contributed by atoms with Crippen LogP contribution in [0.5, 0.6) is 0 Å². The summed E-state index contributed by atoms with van der Waals surface area (Å²) in [5, 5.41) is 3.03. The topological polar surface area (TPSA) is 55.1 Å². The van der Waals surface area contributed by atoms with E-state index in [0.29, 0.717) is 17.5 Å². The standard InChI is InChI=1S/C19H22N2O/c20-18-11-6-14(12-18)13-21-19(22)17-9-7-16(8-10-17)15-4-2-1-3-5-15/h1-5,7-10,14,18H,6,11-13,20H2,(H,21,22). The molecule has 3 nitrogen and oxygen atoms in total. The van der Waals surface area contributed by atoms with Crippen molar-refractivity contribution in [3.05, 3.63) is 60.2 Å². The van der Waals surface area contributed by atoms with E-state index in [4.69, 9.17) is 5.73 Å². The number of nitrogens with one attached hydrogen (secondary N) is 1. The third-order valence-corrected chi connectivity index (χ3v) is 4.39. The van der Waals surface area contributed by atoms with Gasteiger partial charge in [-0.3, -0.25) is 4.79 Å². The highest BCUT2D eigenvalue weighted by molar-refractivity contribution is 5.94. The quantitative estimate of drug-likeness (QED) is 0.909. The SMILES string of the molecule is NC1CCC(CNC(=O)c2ccc(-c3ccccc3)cc2)C1. The lowest BCUT2D eigenvalue weighted by atomic mass is 10.0. The number of benzene rings is 2. The summed E-state index contributed by atoms with van der Waals surface area (Å²) < 4.78 is 0. The van der Waals surface area contributed by atoms with Gasteiger partial charge in [-0.05, 0) is 48.4 Å². The molecule has 0 aromatic heterocycles. The van der Waals surface area contributed by atoms with Crippen LogP contribution in [0.1, 0.15) is 29.6 Å². The van der Waals surface area contributed by atoms with Crippen molar-refractivity contribution < 1.29 is 4.79 Å². The zero-order chi connectivity index (χ0) is 15.4. The number of hydrogen-bond acceptors (Lipinski definition) is 2. The number of hydrogen-bond donors (Lipinski definition) is 2. The van der Waals surface area contributed by atoms with Crippen molar-refractivity contribution in [3.63, 3.8) is 0 Å². The molecule has 0 radical (unpaired) electrons. The molecule has 1 amide bonds. The maximum Gasteiger partial charge on any atom is 0.251 e. The van der Waals surface area contributed by atoms with E-state index in [-0.39, 0.29) is 5.91 Å². The third kappa shape index (κ3) is 3.55. The van der Waals surface area contributed by atoms with Gasteiger partial charge in [-0.15, -0.1) is 0 Å². The molecule has 3 rings (SSSR count). The molecule has 1 saturated carbocycles. The number of carbonyl (C=O) groups excluding carboxylic acids is 1. The molecule has 114 valence electrons. The molecule has 1 aliphatic rings. The number of rotatable bonds is 4. The van der Waals surface area contributed by atoms with E-state index in [0.717, 1.165) is 36.9 Å². The second kappa shape index (κ2) is 6.75. The van der Waals surface area contributed by atoms with Crippen molar-refractivity contribution in [1.29, 1.82) is 0 Å². The molecule has 0 spiro atoms. The van der Waals surface area contributed by atoms with Gasteiger partial charge in [-0.1, -0.05) is 42.5 Å². The summed E-state index contributed by atoms with van der Waals surface area (Å²) in [4.78, 5) is 12.2. The van der Waals surface area contributed by atoms with Crippen molar-refractivity contribution in [2.45, 2.75) is 25.3 Å². The first kappa shape index (κ1) is 14.8. The lowest BCUT2D eigenvalue weighted by Crippen LogP contribution is -2.29. The van der Waals surface area contributed by atoms with Gasteiger partial charge >= 0.3 is 0 Å². The van der Waals surface area contributed by atoms with Crippen LogP contribution in [0.2, 0.25) is 0 Å². The zero-order valence-electron chi connectivity index (χ0n) is 12.7. The molecule has 1 fully saturated rings. The average molecular weight is 294 g/mol.